The molecule has 3 atom stereocenters. The van der Waals surface area contributed by atoms with Gasteiger partial charge in [-0.05, 0) is 62.0 Å². The molecule has 0 saturated carbocycles. The quantitative estimate of drug-likeness (QED) is 0.334. The highest BCUT2D eigenvalue weighted by Crippen LogP contribution is 2.40. The molecule has 2 aromatic carbocycles. The van der Waals surface area contributed by atoms with Gasteiger partial charge in [-0.2, -0.15) is 0 Å². The van der Waals surface area contributed by atoms with Crippen LogP contribution in [0.5, 0.6) is 0 Å². The minimum atomic E-state index is -1.39. The summed E-state index contributed by atoms with van der Waals surface area (Å²) in [5.41, 5.74) is 3.08. The normalized spacial score (nSPS) is 18.1. The highest BCUT2D eigenvalue weighted by Gasteiger charge is 2.49. The molecule has 1 unspecified atom stereocenters. The first-order valence-corrected chi connectivity index (χ1v) is 14.4. The molecule has 0 aromatic heterocycles. The van der Waals surface area contributed by atoms with Crippen LogP contribution in [0, 0.1) is 12.8 Å². The van der Waals surface area contributed by atoms with Crippen LogP contribution >= 0.6 is 24.0 Å². The van der Waals surface area contributed by atoms with E-state index in [0.717, 1.165) is 16.7 Å². The molecule has 0 bridgehead atoms. The molecule has 0 radical (unpaired) electrons. The molecule has 38 heavy (non-hydrogen) atoms. The van der Waals surface area contributed by atoms with Crippen molar-refractivity contribution in [1.82, 2.24) is 20.9 Å². The lowest BCUT2D eigenvalue weighted by Gasteiger charge is -2.33. The number of rotatable bonds is 10. The van der Waals surface area contributed by atoms with Crippen molar-refractivity contribution in [3.05, 3.63) is 71.3 Å². The number of benzene rings is 2. The SMILES string of the molecule is Cc1ccccc1CNC(=O)[C@H]1N(C(=O)[C@@H](O)C(Cc2ccccc2)NC(=S)NCC(C)C)CSC1(C)C. The van der Waals surface area contributed by atoms with Gasteiger partial charge in [-0.3, -0.25) is 9.59 Å². The lowest BCUT2D eigenvalue weighted by molar-refractivity contribution is -0.147. The first kappa shape index (κ1) is 29.9. The number of hydrogen-bond acceptors (Lipinski definition) is 5. The fraction of sp³-hybridized carbons (Fsp3) is 0.483. The number of aliphatic hydroxyl groups excluding tert-OH is 1. The van der Waals surface area contributed by atoms with Crippen LogP contribution in [-0.4, -0.2) is 62.3 Å². The van der Waals surface area contributed by atoms with E-state index in [1.54, 1.807) is 0 Å². The Morgan fingerprint density at radius 2 is 1.76 bits per heavy atom. The largest absolute Gasteiger partial charge is 0.381 e. The number of thiocarbonyl (C=S) groups is 1. The Hall–Kier alpha value is -2.62. The molecule has 2 amide bonds. The molecule has 1 aliphatic heterocycles. The summed E-state index contributed by atoms with van der Waals surface area (Å²) >= 11 is 7.00. The van der Waals surface area contributed by atoms with Crippen molar-refractivity contribution in [2.45, 2.75) is 70.5 Å². The van der Waals surface area contributed by atoms with E-state index in [9.17, 15) is 14.7 Å². The molecule has 0 aliphatic carbocycles. The number of thioether (sulfide) groups is 1. The predicted octanol–water partition coefficient (Wildman–Crippen LogP) is 3.38. The maximum atomic E-state index is 13.7. The lowest BCUT2D eigenvalue weighted by atomic mass is 9.97. The third-order valence-corrected chi connectivity index (χ3v) is 8.35. The number of aliphatic hydroxyl groups is 1. The van der Waals surface area contributed by atoms with Gasteiger partial charge in [0.25, 0.3) is 5.91 Å². The summed E-state index contributed by atoms with van der Waals surface area (Å²) in [6.07, 6.45) is -0.999. The molecule has 3 rings (SSSR count). The Morgan fingerprint density at radius 3 is 2.42 bits per heavy atom. The monoisotopic (exact) mass is 556 g/mol. The summed E-state index contributed by atoms with van der Waals surface area (Å²) in [6, 6.07) is 16.2. The number of nitrogens with one attached hydrogen (secondary N) is 3. The van der Waals surface area contributed by atoms with Crippen LogP contribution in [0.25, 0.3) is 0 Å². The molecule has 1 heterocycles. The zero-order valence-corrected chi connectivity index (χ0v) is 24.5. The first-order valence-electron chi connectivity index (χ1n) is 13.0. The molecule has 1 fully saturated rings. The minimum Gasteiger partial charge on any atom is -0.381 e. The average molecular weight is 557 g/mol. The van der Waals surface area contributed by atoms with E-state index in [4.69, 9.17) is 12.2 Å². The van der Waals surface area contributed by atoms with Gasteiger partial charge in [-0.25, -0.2) is 0 Å². The van der Waals surface area contributed by atoms with Crippen LogP contribution in [0.2, 0.25) is 0 Å². The molecule has 4 N–H and O–H groups in total. The van der Waals surface area contributed by atoms with E-state index >= 15 is 0 Å². The number of hydrogen-bond donors (Lipinski definition) is 4. The summed E-state index contributed by atoms with van der Waals surface area (Å²) in [6.45, 7) is 11.1. The van der Waals surface area contributed by atoms with Crippen molar-refractivity contribution >= 4 is 40.9 Å². The zero-order chi connectivity index (χ0) is 27.9. The third kappa shape index (κ3) is 7.94. The van der Waals surface area contributed by atoms with E-state index in [0.29, 0.717) is 36.4 Å². The van der Waals surface area contributed by atoms with Gasteiger partial charge in [0.1, 0.15) is 6.04 Å². The maximum Gasteiger partial charge on any atom is 0.254 e. The van der Waals surface area contributed by atoms with Gasteiger partial charge in [0.2, 0.25) is 5.91 Å². The van der Waals surface area contributed by atoms with Crippen molar-refractivity contribution in [1.29, 1.82) is 0 Å². The van der Waals surface area contributed by atoms with Crippen molar-refractivity contribution in [2.24, 2.45) is 5.92 Å². The van der Waals surface area contributed by atoms with Gasteiger partial charge < -0.3 is 26.0 Å². The van der Waals surface area contributed by atoms with Gasteiger partial charge in [-0.1, -0.05) is 68.4 Å². The van der Waals surface area contributed by atoms with Crippen LogP contribution in [0.4, 0.5) is 0 Å². The fourth-order valence-corrected chi connectivity index (χ4v) is 5.84. The van der Waals surface area contributed by atoms with Gasteiger partial charge in [0.05, 0.1) is 11.9 Å². The molecular formula is C29H40N4O3S2. The second-order valence-corrected chi connectivity index (χ2v) is 12.7. The van der Waals surface area contributed by atoms with Crippen LogP contribution < -0.4 is 16.0 Å². The average Bonchev–Trinajstić information content (AvgIpc) is 3.21. The van der Waals surface area contributed by atoms with Gasteiger partial charge in [0.15, 0.2) is 11.2 Å². The van der Waals surface area contributed by atoms with Crippen molar-refractivity contribution in [3.8, 4) is 0 Å². The highest BCUT2D eigenvalue weighted by molar-refractivity contribution is 8.00. The Kier molecular flexibility index (Phi) is 10.6. The Labute approximate surface area is 236 Å². The predicted molar refractivity (Wildman–Crippen MR) is 159 cm³/mol. The van der Waals surface area contributed by atoms with Crippen molar-refractivity contribution in [3.63, 3.8) is 0 Å². The smallest absolute Gasteiger partial charge is 0.254 e. The molecule has 206 valence electrons. The number of carbonyl (C=O) groups excluding carboxylic acids is 2. The molecule has 1 aliphatic rings. The van der Waals surface area contributed by atoms with E-state index < -0.39 is 28.8 Å². The molecule has 1 saturated heterocycles. The minimum absolute atomic E-state index is 0.231. The Morgan fingerprint density at radius 1 is 1.11 bits per heavy atom. The first-order chi connectivity index (χ1) is 18.0. The van der Waals surface area contributed by atoms with E-state index in [1.807, 2.05) is 75.4 Å². The van der Waals surface area contributed by atoms with Gasteiger partial charge in [0, 0.05) is 17.8 Å². The summed E-state index contributed by atoms with van der Waals surface area (Å²) in [7, 11) is 0. The van der Waals surface area contributed by atoms with E-state index in [1.165, 1.54) is 16.7 Å². The van der Waals surface area contributed by atoms with Crippen LogP contribution in [-0.2, 0) is 22.6 Å². The summed E-state index contributed by atoms with van der Waals surface area (Å²) in [4.78, 5) is 28.7. The third-order valence-electron chi connectivity index (χ3n) is 6.71. The Balaban J connectivity index is 1.77. The number of nitrogens with zero attached hydrogens (tertiary/aromatic N) is 1. The van der Waals surface area contributed by atoms with E-state index in [2.05, 4.69) is 29.8 Å². The maximum absolute atomic E-state index is 13.7. The highest BCUT2D eigenvalue weighted by atomic mass is 32.2. The van der Waals surface area contributed by atoms with Crippen LogP contribution in [0.15, 0.2) is 54.6 Å². The number of carbonyl (C=O) groups is 2. The molecular weight excluding hydrogens is 516 g/mol. The van der Waals surface area contributed by atoms with Crippen LogP contribution in [0.3, 0.4) is 0 Å². The van der Waals surface area contributed by atoms with Gasteiger partial charge >= 0.3 is 0 Å². The molecule has 2 aromatic rings. The topological polar surface area (TPSA) is 93.7 Å². The van der Waals surface area contributed by atoms with Crippen molar-refractivity contribution in [2.75, 3.05) is 12.4 Å². The fourth-order valence-electron chi connectivity index (χ4n) is 4.47. The number of aryl methyl sites for hydroxylation is 1. The second-order valence-electron chi connectivity index (χ2n) is 10.7. The molecule has 9 heteroatoms. The zero-order valence-electron chi connectivity index (χ0n) is 22.9. The summed E-state index contributed by atoms with van der Waals surface area (Å²) in [5, 5.41) is 21.1. The second kappa shape index (κ2) is 13.4. The summed E-state index contributed by atoms with van der Waals surface area (Å²) in [5.74, 6) is -0.0132. The molecule has 7 nitrogen and oxygen atoms in total. The standard InChI is InChI=1S/C29H40N4O3S2/c1-19(2)16-31-28(37)32-23(15-21-12-7-6-8-13-21)24(34)27(36)33-18-38-29(4,5)25(33)26(35)30-17-22-14-10-9-11-20(22)3/h6-14,19,23-25,34H,15-18H2,1-5H3,(H,30,35)(H2,31,32,37)/t23?,24-,25+/m0/s1. The lowest BCUT2D eigenvalue weighted by Crippen LogP contribution is -2.59. The van der Waals surface area contributed by atoms with E-state index in [-0.39, 0.29) is 5.91 Å². The van der Waals surface area contributed by atoms with Crippen LogP contribution in [0.1, 0.15) is 44.4 Å². The summed E-state index contributed by atoms with van der Waals surface area (Å²) < 4.78 is -0.512. The van der Waals surface area contributed by atoms with Crippen molar-refractivity contribution < 1.29 is 14.7 Å². The molecule has 0 spiro atoms. The van der Waals surface area contributed by atoms with Gasteiger partial charge in [-0.15, -0.1) is 11.8 Å². The Bertz CT molecular complexity index is 1110. The number of amides is 2.